The lowest BCUT2D eigenvalue weighted by atomic mass is 9.75. The molecule has 6 heteroatoms. The van der Waals surface area contributed by atoms with Crippen LogP contribution in [0.3, 0.4) is 0 Å². The normalized spacial score (nSPS) is 30.9. The summed E-state index contributed by atoms with van der Waals surface area (Å²) in [5.41, 5.74) is -1.06. The largest absolute Gasteiger partial charge is 0.480 e. The van der Waals surface area contributed by atoms with Crippen molar-refractivity contribution in [3.63, 3.8) is 0 Å². The quantitative estimate of drug-likeness (QED) is 0.722. The van der Waals surface area contributed by atoms with Crippen LogP contribution in [0.1, 0.15) is 39.0 Å². The number of nitrogens with zero attached hydrogens (tertiary/aromatic N) is 1. The Bertz CT molecular complexity index is 359. The number of carboxylic acid groups (broad SMARTS) is 1. The second kappa shape index (κ2) is 6.43. The molecule has 2 amide bonds. The van der Waals surface area contributed by atoms with Gasteiger partial charge in [0, 0.05) is 26.2 Å². The van der Waals surface area contributed by atoms with Crippen LogP contribution in [0, 0.1) is 5.92 Å². The first-order chi connectivity index (χ1) is 9.57. The van der Waals surface area contributed by atoms with Crippen LogP contribution in [0.5, 0.6) is 0 Å². The Morgan fingerprint density at radius 3 is 2.40 bits per heavy atom. The molecule has 0 aromatic carbocycles. The first-order valence-electron chi connectivity index (χ1n) is 7.58. The molecule has 114 valence electrons. The number of aliphatic carboxylic acids is 1. The predicted octanol–water partition coefficient (Wildman–Crippen LogP) is 1.02. The topological polar surface area (TPSA) is 81.7 Å². The molecular formula is C14H25N3O3. The summed E-state index contributed by atoms with van der Waals surface area (Å²) >= 11 is 0. The van der Waals surface area contributed by atoms with E-state index in [0.717, 1.165) is 32.4 Å². The van der Waals surface area contributed by atoms with Gasteiger partial charge in [0.1, 0.15) is 5.54 Å². The van der Waals surface area contributed by atoms with Crippen LogP contribution in [0.2, 0.25) is 0 Å². The monoisotopic (exact) mass is 283 g/mol. The Balaban J connectivity index is 1.98. The molecule has 2 aliphatic rings. The standard InChI is InChI=1S/C14H25N3O3/c1-2-11-3-5-14(6-4-11,12(18)19)16-13(20)17-9-7-15-8-10-17/h11,15H,2-10H2,1H3,(H,16,20)(H,18,19). The van der Waals surface area contributed by atoms with Gasteiger partial charge in [-0.25, -0.2) is 9.59 Å². The zero-order valence-corrected chi connectivity index (χ0v) is 12.2. The number of nitrogens with one attached hydrogen (secondary N) is 2. The van der Waals surface area contributed by atoms with Crippen molar-refractivity contribution in [3.8, 4) is 0 Å². The number of carbonyl (C=O) groups excluding carboxylic acids is 1. The average Bonchev–Trinajstić information content (AvgIpc) is 2.48. The Hall–Kier alpha value is -1.30. The van der Waals surface area contributed by atoms with E-state index in [9.17, 15) is 14.7 Å². The SMILES string of the molecule is CCC1CCC(NC(=O)N2CCNCC2)(C(=O)O)CC1. The van der Waals surface area contributed by atoms with Crippen molar-refractivity contribution in [2.24, 2.45) is 5.92 Å². The summed E-state index contributed by atoms with van der Waals surface area (Å²) in [4.78, 5) is 25.6. The van der Waals surface area contributed by atoms with E-state index in [1.807, 2.05) is 0 Å². The van der Waals surface area contributed by atoms with Crippen LogP contribution < -0.4 is 10.6 Å². The number of rotatable bonds is 3. The van der Waals surface area contributed by atoms with Gasteiger partial charge in [-0.1, -0.05) is 13.3 Å². The van der Waals surface area contributed by atoms with Crippen molar-refractivity contribution in [2.45, 2.75) is 44.6 Å². The molecule has 0 radical (unpaired) electrons. The van der Waals surface area contributed by atoms with E-state index in [1.165, 1.54) is 0 Å². The zero-order chi connectivity index (χ0) is 14.6. The molecule has 1 saturated carbocycles. The van der Waals surface area contributed by atoms with Gasteiger partial charge in [-0.2, -0.15) is 0 Å². The summed E-state index contributed by atoms with van der Waals surface area (Å²) in [6.07, 6.45) is 3.92. The highest BCUT2D eigenvalue weighted by atomic mass is 16.4. The van der Waals surface area contributed by atoms with Crippen molar-refractivity contribution < 1.29 is 14.7 Å². The summed E-state index contributed by atoms with van der Waals surface area (Å²) in [6.45, 7) is 4.95. The molecule has 2 rings (SSSR count). The van der Waals surface area contributed by atoms with Crippen molar-refractivity contribution >= 4 is 12.0 Å². The van der Waals surface area contributed by atoms with E-state index >= 15 is 0 Å². The zero-order valence-electron chi connectivity index (χ0n) is 12.2. The second-order valence-corrected chi connectivity index (χ2v) is 5.91. The maximum absolute atomic E-state index is 12.3. The van der Waals surface area contributed by atoms with Gasteiger partial charge < -0.3 is 20.6 Å². The molecule has 1 aliphatic heterocycles. The Morgan fingerprint density at radius 2 is 1.90 bits per heavy atom. The molecule has 0 bridgehead atoms. The molecule has 0 atom stereocenters. The third-order valence-corrected chi connectivity index (χ3v) is 4.70. The minimum atomic E-state index is -1.06. The maximum Gasteiger partial charge on any atom is 0.329 e. The number of hydrogen-bond acceptors (Lipinski definition) is 3. The van der Waals surface area contributed by atoms with Gasteiger partial charge in [-0.05, 0) is 31.6 Å². The van der Waals surface area contributed by atoms with Crippen LogP contribution in [0.25, 0.3) is 0 Å². The van der Waals surface area contributed by atoms with Crippen LogP contribution >= 0.6 is 0 Å². The Kier molecular flexibility index (Phi) is 4.86. The third-order valence-electron chi connectivity index (χ3n) is 4.70. The fourth-order valence-corrected chi connectivity index (χ4v) is 3.12. The summed E-state index contributed by atoms with van der Waals surface area (Å²) in [6, 6.07) is -0.233. The predicted molar refractivity (Wildman–Crippen MR) is 75.6 cm³/mol. The maximum atomic E-state index is 12.3. The molecule has 0 unspecified atom stereocenters. The van der Waals surface area contributed by atoms with E-state index in [2.05, 4.69) is 17.6 Å². The molecule has 0 aromatic rings. The number of urea groups is 1. The first-order valence-corrected chi connectivity index (χ1v) is 7.58. The summed E-state index contributed by atoms with van der Waals surface area (Å²) < 4.78 is 0. The smallest absolute Gasteiger partial charge is 0.329 e. The van der Waals surface area contributed by atoms with Gasteiger partial charge in [0.05, 0.1) is 0 Å². The number of carbonyl (C=O) groups is 2. The lowest BCUT2D eigenvalue weighted by molar-refractivity contribution is -0.146. The molecule has 0 aromatic heterocycles. The van der Waals surface area contributed by atoms with Crippen molar-refractivity contribution in [1.82, 2.24) is 15.5 Å². The molecule has 1 aliphatic carbocycles. The van der Waals surface area contributed by atoms with Gasteiger partial charge in [0.25, 0.3) is 0 Å². The molecule has 0 spiro atoms. The first kappa shape index (κ1) is 15.1. The van der Waals surface area contributed by atoms with Crippen LogP contribution in [-0.4, -0.2) is 53.7 Å². The molecule has 3 N–H and O–H groups in total. The van der Waals surface area contributed by atoms with Gasteiger partial charge in [-0.3, -0.25) is 0 Å². The second-order valence-electron chi connectivity index (χ2n) is 5.91. The molecule has 1 heterocycles. The van der Waals surface area contributed by atoms with Crippen molar-refractivity contribution in [2.75, 3.05) is 26.2 Å². The Labute approximate surface area is 119 Å². The average molecular weight is 283 g/mol. The minimum Gasteiger partial charge on any atom is -0.480 e. The van der Waals surface area contributed by atoms with Crippen molar-refractivity contribution in [1.29, 1.82) is 0 Å². The fourth-order valence-electron chi connectivity index (χ4n) is 3.12. The van der Waals surface area contributed by atoms with E-state index in [1.54, 1.807) is 4.90 Å². The van der Waals surface area contributed by atoms with Crippen molar-refractivity contribution in [3.05, 3.63) is 0 Å². The lowest BCUT2D eigenvalue weighted by Crippen LogP contribution is -2.61. The van der Waals surface area contributed by atoms with Crippen LogP contribution in [-0.2, 0) is 4.79 Å². The summed E-state index contributed by atoms with van der Waals surface area (Å²) in [5.74, 6) is -0.297. The van der Waals surface area contributed by atoms with Gasteiger partial charge in [0.15, 0.2) is 0 Å². The third kappa shape index (κ3) is 3.23. The highest BCUT2D eigenvalue weighted by molar-refractivity contribution is 5.86. The minimum absolute atomic E-state index is 0.233. The van der Waals surface area contributed by atoms with Gasteiger partial charge >= 0.3 is 12.0 Å². The van der Waals surface area contributed by atoms with E-state index in [0.29, 0.717) is 31.8 Å². The summed E-state index contributed by atoms with van der Waals surface area (Å²) in [7, 11) is 0. The highest BCUT2D eigenvalue weighted by Crippen LogP contribution is 2.34. The van der Waals surface area contributed by atoms with Crippen LogP contribution in [0.4, 0.5) is 4.79 Å². The molecule has 2 fully saturated rings. The van der Waals surface area contributed by atoms with E-state index in [4.69, 9.17) is 0 Å². The molecule has 6 nitrogen and oxygen atoms in total. The molecule has 1 saturated heterocycles. The Morgan fingerprint density at radius 1 is 1.30 bits per heavy atom. The molecule has 20 heavy (non-hydrogen) atoms. The van der Waals surface area contributed by atoms with Gasteiger partial charge in [-0.15, -0.1) is 0 Å². The highest BCUT2D eigenvalue weighted by Gasteiger charge is 2.43. The van der Waals surface area contributed by atoms with Gasteiger partial charge in [0.2, 0.25) is 0 Å². The fraction of sp³-hybridized carbons (Fsp3) is 0.857. The number of piperazine rings is 1. The van der Waals surface area contributed by atoms with E-state index in [-0.39, 0.29) is 6.03 Å². The number of hydrogen-bond donors (Lipinski definition) is 3. The van der Waals surface area contributed by atoms with Crippen LogP contribution in [0.15, 0.2) is 0 Å². The molecular weight excluding hydrogens is 258 g/mol. The summed E-state index contributed by atoms with van der Waals surface area (Å²) in [5, 5.41) is 15.5. The number of amides is 2. The lowest BCUT2D eigenvalue weighted by Gasteiger charge is -2.39. The van der Waals surface area contributed by atoms with E-state index < -0.39 is 11.5 Å². The number of carboxylic acids is 1.